The van der Waals surface area contributed by atoms with Crippen molar-refractivity contribution >= 4 is 28.2 Å². The summed E-state index contributed by atoms with van der Waals surface area (Å²) in [4.78, 5) is 17.2. The highest BCUT2D eigenvalue weighted by Crippen LogP contribution is 2.27. The van der Waals surface area contributed by atoms with Crippen molar-refractivity contribution in [3.8, 4) is 0 Å². The number of nitrogens with two attached hydrogens (primary N) is 1. The molecule has 0 atom stereocenters. The molecular weight excluding hydrogens is 305 g/mol. The molecule has 0 bridgehead atoms. The van der Waals surface area contributed by atoms with Crippen molar-refractivity contribution in [2.75, 3.05) is 31.2 Å². The zero-order chi connectivity index (χ0) is 16.2. The average Bonchev–Trinajstić information content (AvgIpc) is 2.73. The SMILES string of the molecule is CC(C)CNc1nc(N)c(C(=O)N(C)CCC(F)(F)F)s1. The maximum atomic E-state index is 12.2. The zero-order valence-electron chi connectivity index (χ0n) is 12.1. The third-order valence-electron chi connectivity index (χ3n) is 2.59. The zero-order valence-corrected chi connectivity index (χ0v) is 12.9. The molecule has 0 saturated heterocycles. The lowest BCUT2D eigenvalue weighted by Gasteiger charge is -2.17. The minimum atomic E-state index is -4.29. The Morgan fingerprint density at radius 2 is 2.10 bits per heavy atom. The molecule has 0 unspecified atom stereocenters. The summed E-state index contributed by atoms with van der Waals surface area (Å²) in [6, 6.07) is 0. The number of nitrogens with one attached hydrogen (secondary N) is 1. The second kappa shape index (κ2) is 6.97. The first-order chi connectivity index (χ1) is 9.60. The van der Waals surface area contributed by atoms with Gasteiger partial charge in [0.15, 0.2) is 5.13 Å². The second-order valence-electron chi connectivity index (χ2n) is 5.10. The highest BCUT2D eigenvalue weighted by Gasteiger charge is 2.29. The molecule has 0 fully saturated rings. The van der Waals surface area contributed by atoms with Gasteiger partial charge in [0.1, 0.15) is 10.7 Å². The monoisotopic (exact) mass is 324 g/mol. The number of nitrogens with zero attached hydrogens (tertiary/aromatic N) is 2. The van der Waals surface area contributed by atoms with Gasteiger partial charge in [-0.25, -0.2) is 4.98 Å². The number of thiazole rings is 1. The first kappa shape index (κ1) is 17.5. The van der Waals surface area contributed by atoms with Crippen molar-refractivity contribution in [2.24, 2.45) is 5.92 Å². The first-order valence-corrected chi connectivity index (χ1v) is 7.24. The van der Waals surface area contributed by atoms with Crippen molar-refractivity contribution in [2.45, 2.75) is 26.4 Å². The van der Waals surface area contributed by atoms with Gasteiger partial charge < -0.3 is 16.0 Å². The standard InChI is InChI=1S/C12H19F3N4OS/c1-7(2)6-17-11-18-9(16)8(21-11)10(20)19(3)5-4-12(13,14)15/h7H,4-6,16H2,1-3H3,(H,17,18). The van der Waals surface area contributed by atoms with Crippen LogP contribution in [-0.4, -0.2) is 42.1 Å². The van der Waals surface area contributed by atoms with Crippen LogP contribution in [0.5, 0.6) is 0 Å². The van der Waals surface area contributed by atoms with Gasteiger partial charge in [0.05, 0.1) is 6.42 Å². The maximum Gasteiger partial charge on any atom is 0.390 e. The maximum absolute atomic E-state index is 12.2. The molecule has 0 saturated carbocycles. The minimum Gasteiger partial charge on any atom is -0.382 e. The largest absolute Gasteiger partial charge is 0.390 e. The van der Waals surface area contributed by atoms with E-state index in [0.717, 1.165) is 16.2 Å². The topological polar surface area (TPSA) is 71.2 Å². The fraction of sp³-hybridized carbons (Fsp3) is 0.667. The van der Waals surface area contributed by atoms with E-state index in [1.54, 1.807) is 0 Å². The molecule has 0 aliphatic heterocycles. The predicted molar refractivity (Wildman–Crippen MR) is 77.5 cm³/mol. The van der Waals surface area contributed by atoms with E-state index < -0.39 is 25.0 Å². The van der Waals surface area contributed by atoms with Crippen LogP contribution in [0.15, 0.2) is 0 Å². The Morgan fingerprint density at radius 1 is 1.48 bits per heavy atom. The summed E-state index contributed by atoms with van der Waals surface area (Å²) >= 11 is 1.05. The summed E-state index contributed by atoms with van der Waals surface area (Å²) in [5.74, 6) is -0.120. The molecule has 0 aliphatic rings. The van der Waals surface area contributed by atoms with E-state index in [0.29, 0.717) is 17.6 Å². The van der Waals surface area contributed by atoms with E-state index in [4.69, 9.17) is 5.73 Å². The Bertz CT molecular complexity index is 487. The lowest BCUT2D eigenvalue weighted by Crippen LogP contribution is -2.30. The molecule has 1 aromatic heterocycles. The fourth-order valence-corrected chi connectivity index (χ4v) is 2.31. The van der Waals surface area contributed by atoms with Gasteiger partial charge in [-0.2, -0.15) is 13.2 Å². The summed E-state index contributed by atoms with van der Waals surface area (Å²) in [6.45, 7) is 4.29. The lowest BCUT2D eigenvalue weighted by atomic mass is 10.2. The van der Waals surface area contributed by atoms with Gasteiger partial charge in [-0.1, -0.05) is 25.2 Å². The molecule has 0 aromatic carbocycles. The number of halogens is 3. The van der Waals surface area contributed by atoms with E-state index in [9.17, 15) is 18.0 Å². The molecule has 0 spiro atoms. The van der Waals surface area contributed by atoms with Gasteiger partial charge in [-0.05, 0) is 5.92 Å². The first-order valence-electron chi connectivity index (χ1n) is 6.42. The molecule has 3 N–H and O–H groups in total. The minimum absolute atomic E-state index is 0.0371. The third-order valence-corrected chi connectivity index (χ3v) is 3.60. The number of carbonyl (C=O) groups is 1. The van der Waals surface area contributed by atoms with Crippen LogP contribution in [0.1, 0.15) is 29.9 Å². The van der Waals surface area contributed by atoms with Crippen LogP contribution in [0.2, 0.25) is 0 Å². The number of anilines is 2. The molecule has 120 valence electrons. The number of rotatable bonds is 6. The van der Waals surface area contributed by atoms with Crippen LogP contribution < -0.4 is 11.1 Å². The Kier molecular flexibility index (Phi) is 5.82. The Labute approximate surface area is 125 Å². The molecule has 1 heterocycles. The summed E-state index contributed by atoms with van der Waals surface area (Å²) in [7, 11) is 1.31. The van der Waals surface area contributed by atoms with Gasteiger partial charge in [0, 0.05) is 20.1 Å². The Balaban J connectivity index is 2.69. The smallest absolute Gasteiger partial charge is 0.382 e. The van der Waals surface area contributed by atoms with E-state index in [-0.39, 0.29) is 10.7 Å². The summed E-state index contributed by atoms with van der Waals surface area (Å²) in [6.07, 6.45) is -5.34. The molecule has 9 heteroatoms. The number of alkyl halides is 3. The predicted octanol–water partition coefficient (Wildman–Crippen LogP) is 2.82. The quantitative estimate of drug-likeness (QED) is 0.844. The van der Waals surface area contributed by atoms with Gasteiger partial charge in [0.2, 0.25) is 0 Å². The Hall–Kier alpha value is -1.51. The average molecular weight is 324 g/mol. The van der Waals surface area contributed by atoms with E-state index in [2.05, 4.69) is 10.3 Å². The molecule has 1 amide bonds. The number of aromatic nitrogens is 1. The van der Waals surface area contributed by atoms with Crippen molar-refractivity contribution in [1.29, 1.82) is 0 Å². The van der Waals surface area contributed by atoms with E-state index in [1.807, 2.05) is 13.8 Å². The number of nitrogen functional groups attached to an aromatic ring is 1. The number of hydrogen-bond acceptors (Lipinski definition) is 5. The van der Waals surface area contributed by atoms with Crippen LogP contribution in [0.25, 0.3) is 0 Å². The third kappa shape index (κ3) is 5.78. The van der Waals surface area contributed by atoms with Gasteiger partial charge in [-0.3, -0.25) is 4.79 Å². The molecular formula is C12H19F3N4OS. The van der Waals surface area contributed by atoms with Gasteiger partial charge in [-0.15, -0.1) is 0 Å². The lowest BCUT2D eigenvalue weighted by molar-refractivity contribution is -0.136. The highest BCUT2D eigenvalue weighted by molar-refractivity contribution is 7.18. The highest BCUT2D eigenvalue weighted by atomic mass is 32.1. The molecule has 0 radical (unpaired) electrons. The van der Waals surface area contributed by atoms with E-state index in [1.165, 1.54) is 7.05 Å². The molecule has 1 aromatic rings. The van der Waals surface area contributed by atoms with Gasteiger partial charge >= 0.3 is 6.18 Å². The van der Waals surface area contributed by atoms with Crippen LogP contribution in [-0.2, 0) is 0 Å². The van der Waals surface area contributed by atoms with Crippen LogP contribution in [0, 0.1) is 5.92 Å². The van der Waals surface area contributed by atoms with Crippen LogP contribution >= 0.6 is 11.3 Å². The van der Waals surface area contributed by atoms with Crippen LogP contribution in [0.3, 0.4) is 0 Å². The van der Waals surface area contributed by atoms with E-state index >= 15 is 0 Å². The second-order valence-corrected chi connectivity index (χ2v) is 6.10. The molecule has 5 nitrogen and oxygen atoms in total. The van der Waals surface area contributed by atoms with Crippen LogP contribution in [0.4, 0.5) is 24.1 Å². The van der Waals surface area contributed by atoms with Crippen molar-refractivity contribution in [3.63, 3.8) is 0 Å². The summed E-state index contributed by atoms with van der Waals surface area (Å²) < 4.78 is 36.5. The molecule has 21 heavy (non-hydrogen) atoms. The van der Waals surface area contributed by atoms with Crippen molar-refractivity contribution < 1.29 is 18.0 Å². The number of carbonyl (C=O) groups excluding carboxylic acids is 1. The number of amides is 1. The fourth-order valence-electron chi connectivity index (χ4n) is 1.42. The molecule has 0 aliphatic carbocycles. The Morgan fingerprint density at radius 3 is 2.62 bits per heavy atom. The summed E-state index contributed by atoms with van der Waals surface area (Å²) in [5, 5.41) is 3.53. The van der Waals surface area contributed by atoms with Crippen molar-refractivity contribution in [3.05, 3.63) is 4.88 Å². The summed E-state index contributed by atoms with van der Waals surface area (Å²) in [5.41, 5.74) is 5.66. The van der Waals surface area contributed by atoms with Crippen molar-refractivity contribution in [1.82, 2.24) is 9.88 Å². The normalized spacial score (nSPS) is 11.8. The molecule has 1 rings (SSSR count). The number of hydrogen-bond donors (Lipinski definition) is 2. The van der Waals surface area contributed by atoms with Gasteiger partial charge in [0.25, 0.3) is 5.91 Å².